The quantitative estimate of drug-likeness (QED) is 0.184. The summed E-state index contributed by atoms with van der Waals surface area (Å²) >= 11 is 10.6. The van der Waals surface area contributed by atoms with E-state index >= 15 is 0 Å². The van der Waals surface area contributed by atoms with E-state index in [9.17, 15) is 4.79 Å². The van der Waals surface area contributed by atoms with E-state index in [1.165, 1.54) is 16.9 Å². The maximum Gasteiger partial charge on any atom is 0.341 e. The lowest BCUT2D eigenvalue weighted by Gasteiger charge is -2.11. The average Bonchev–Trinajstić information content (AvgIpc) is 3.34. The number of halogens is 1. The minimum atomic E-state index is -0.385. The van der Waals surface area contributed by atoms with Gasteiger partial charge in [-0.15, -0.1) is 11.3 Å². The highest BCUT2D eigenvalue weighted by atomic mass is 79.9. The van der Waals surface area contributed by atoms with Gasteiger partial charge in [0.15, 0.2) is 10.9 Å². The highest BCUT2D eigenvalue weighted by molar-refractivity contribution is 9.10. The van der Waals surface area contributed by atoms with Crippen LogP contribution in [0.25, 0.3) is 11.1 Å². The molecule has 0 aliphatic carbocycles. The molecule has 180 valence electrons. The molecule has 9 heteroatoms. The summed E-state index contributed by atoms with van der Waals surface area (Å²) in [7, 11) is 0. The van der Waals surface area contributed by atoms with Crippen LogP contribution in [0.15, 0.2) is 65.3 Å². The van der Waals surface area contributed by atoms with Gasteiger partial charge in [-0.3, -0.25) is 4.68 Å². The van der Waals surface area contributed by atoms with Crippen LogP contribution in [0.4, 0.5) is 10.8 Å². The van der Waals surface area contributed by atoms with Crippen molar-refractivity contribution in [1.82, 2.24) is 9.78 Å². The Morgan fingerprint density at radius 2 is 1.83 bits per heavy atom. The number of aryl methyl sites for hydroxylation is 2. The van der Waals surface area contributed by atoms with Gasteiger partial charge in [0.2, 0.25) is 0 Å². The molecule has 0 radical (unpaired) electrons. The van der Waals surface area contributed by atoms with Gasteiger partial charge in [-0.2, -0.15) is 5.10 Å². The first-order chi connectivity index (χ1) is 16.9. The summed E-state index contributed by atoms with van der Waals surface area (Å²) in [5, 5.41) is 11.9. The van der Waals surface area contributed by atoms with Crippen molar-refractivity contribution in [3.05, 3.63) is 86.8 Å². The molecule has 0 spiro atoms. The first kappa shape index (κ1) is 25.1. The molecule has 2 heterocycles. The molecule has 0 bridgehead atoms. The second-order valence-electron chi connectivity index (χ2n) is 7.91. The molecular formula is C26H25BrN4O2S2. The molecule has 0 saturated carbocycles. The van der Waals surface area contributed by atoms with Gasteiger partial charge >= 0.3 is 5.97 Å². The molecule has 2 aromatic heterocycles. The first-order valence-electron chi connectivity index (χ1n) is 11.1. The van der Waals surface area contributed by atoms with Gasteiger partial charge in [-0.25, -0.2) is 4.79 Å². The normalized spacial score (nSPS) is 10.7. The Kier molecular flexibility index (Phi) is 8.00. The number of carbonyl (C=O) groups excluding carboxylic acids is 1. The number of aromatic nitrogens is 2. The minimum Gasteiger partial charge on any atom is -0.462 e. The van der Waals surface area contributed by atoms with Crippen molar-refractivity contribution in [2.24, 2.45) is 0 Å². The van der Waals surface area contributed by atoms with Crippen molar-refractivity contribution < 1.29 is 9.53 Å². The van der Waals surface area contributed by atoms with Crippen molar-refractivity contribution in [1.29, 1.82) is 0 Å². The molecule has 0 saturated heterocycles. The SMILES string of the molecule is CCOC(=O)c1c(NC(=S)Nc2nn(Cc3ccc(C)cc3)cc2Br)sc(C)c1-c1ccccc1. The zero-order valence-corrected chi connectivity index (χ0v) is 22.8. The van der Waals surface area contributed by atoms with Crippen LogP contribution in [0, 0.1) is 13.8 Å². The summed E-state index contributed by atoms with van der Waals surface area (Å²) in [6.45, 7) is 6.77. The third-order valence-corrected chi connectivity index (χ3v) is 7.07. The zero-order valence-electron chi connectivity index (χ0n) is 19.6. The van der Waals surface area contributed by atoms with Gasteiger partial charge in [0.1, 0.15) is 10.6 Å². The van der Waals surface area contributed by atoms with Crippen LogP contribution in [0.5, 0.6) is 0 Å². The van der Waals surface area contributed by atoms with E-state index in [0.717, 1.165) is 26.0 Å². The number of ether oxygens (including phenoxy) is 1. The molecule has 0 unspecified atom stereocenters. The lowest BCUT2D eigenvalue weighted by Crippen LogP contribution is -2.21. The fourth-order valence-corrected chi connectivity index (χ4v) is 5.42. The number of nitrogens with zero attached hydrogens (tertiary/aromatic N) is 2. The van der Waals surface area contributed by atoms with Crippen LogP contribution >= 0.6 is 39.5 Å². The number of thiocarbonyl (C=S) groups is 1. The van der Waals surface area contributed by atoms with Crippen LogP contribution in [-0.2, 0) is 11.3 Å². The molecule has 4 rings (SSSR count). The number of thiophene rings is 1. The summed E-state index contributed by atoms with van der Waals surface area (Å²) < 4.78 is 8.00. The third-order valence-electron chi connectivity index (χ3n) is 5.27. The van der Waals surface area contributed by atoms with Gasteiger partial charge in [-0.05, 0) is 60.0 Å². The zero-order chi connectivity index (χ0) is 24.9. The average molecular weight is 570 g/mol. The van der Waals surface area contributed by atoms with Crippen LogP contribution in [-0.4, -0.2) is 27.5 Å². The number of anilines is 2. The van der Waals surface area contributed by atoms with Crippen molar-refractivity contribution in [3.63, 3.8) is 0 Å². The van der Waals surface area contributed by atoms with Crippen molar-refractivity contribution >= 4 is 61.4 Å². The van der Waals surface area contributed by atoms with E-state index < -0.39 is 0 Å². The minimum absolute atomic E-state index is 0.287. The van der Waals surface area contributed by atoms with Crippen molar-refractivity contribution in [3.8, 4) is 11.1 Å². The van der Waals surface area contributed by atoms with E-state index in [1.807, 2.05) is 48.1 Å². The molecule has 0 atom stereocenters. The van der Waals surface area contributed by atoms with Gasteiger partial charge in [-0.1, -0.05) is 60.2 Å². The number of benzene rings is 2. The van der Waals surface area contributed by atoms with Crippen LogP contribution in [0.2, 0.25) is 0 Å². The maximum absolute atomic E-state index is 12.9. The number of carbonyl (C=O) groups is 1. The predicted molar refractivity (Wildman–Crippen MR) is 150 cm³/mol. The monoisotopic (exact) mass is 568 g/mol. The van der Waals surface area contributed by atoms with Crippen LogP contribution < -0.4 is 10.6 Å². The number of rotatable bonds is 7. The van der Waals surface area contributed by atoms with Gasteiger partial charge in [0, 0.05) is 16.6 Å². The summed E-state index contributed by atoms with van der Waals surface area (Å²) in [5.41, 5.74) is 4.65. The van der Waals surface area contributed by atoms with Gasteiger partial charge < -0.3 is 15.4 Å². The maximum atomic E-state index is 12.9. The summed E-state index contributed by atoms with van der Waals surface area (Å²) in [5.74, 6) is 0.202. The Bertz CT molecular complexity index is 1350. The predicted octanol–water partition coefficient (Wildman–Crippen LogP) is 7.02. The molecule has 2 N–H and O–H groups in total. The Balaban J connectivity index is 1.55. The Morgan fingerprint density at radius 3 is 2.51 bits per heavy atom. The smallest absolute Gasteiger partial charge is 0.341 e. The second-order valence-corrected chi connectivity index (χ2v) is 10.4. The van der Waals surface area contributed by atoms with E-state index in [1.54, 1.807) is 6.92 Å². The van der Waals surface area contributed by atoms with E-state index in [0.29, 0.717) is 28.0 Å². The van der Waals surface area contributed by atoms with Crippen LogP contribution in [0.3, 0.4) is 0 Å². The van der Waals surface area contributed by atoms with Crippen molar-refractivity contribution in [2.45, 2.75) is 27.3 Å². The molecule has 0 amide bonds. The molecule has 6 nitrogen and oxygen atoms in total. The largest absolute Gasteiger partial charge is 0.462 e. The Hall–Kier alpha value is -3.01. The second kappa shape index (κ2) is 11.2. The summed E-state index contributed by atoms with van der Waals surface area (Å²) in [6.07, 6.45) is 1.90. The Labute approximate surface area is 222 Å². The highest BCUT2D eigenvalue weighted by Gasteiger charge is 2.25. The molecule has 0 aliphatic rings. The van der Waals surface area contributed by atoms with Crippen LogP contribution in [0.1, 0.15) is 33.3 Å². The summed E-state index contributed by atoms with van der Waals surface area (Å²) in [4.78, 5) is 13.9. The van der Waals surface area contributed by atoms with Crippen molar-refractivity contribution in [2.75, 3.05) is 17.2 Å². The van der Waals surface area contributed by atoms with E-state index in [4.69, 9.17) is 17.0 Å². The summed E-state index contributed by atoms with van der Waals surface area (Å²) in [6, 6.07) is 18.2. The number of hydrogen-bond acceptors (Lipinski definition) is 5. The lowest BCUT2D eigenvalue weighted by molar-refractivity contribution is 0.0529. The topological polar surface area (TPSA) is 68.2 Å². The molecule has 2 aromatic carbocycles. The molecule has 35 heavy (non-hydrogen) atoms. The van der Waals surface area contributed by atoms with E-state index in [2.05, 4.69) is 62.9 Å². The highest BCUT2D eigenvalue weighted by Crippen LogP contribution is 2.40. The first-order valence-corrected chi connectivity index (χ1v) is 13.1. The molecular weight excluding hydrogens is 544 g/mol. The molecule has 4 aromatic rings. The fourth-order valence-electron chi connectivity index (χ4n) is 3.67. The lowest BCUT2D eigenvalue weighted by atomic mass is 10.0. The standard InChI is InChI=1S/C26H25BrN4O2S2/c1-4-33-25(32)22-21(19-8-6-5-7-9-19)17(3)35-24(22)29-26(34)28-23-20(27)15-31(30-23)14-18-12-10-16(2)11-13-18/h5-13,15H,4,14H2,1-3H3,(H2,28,29,30,34). The fraction of sp³-hybridized carbons (Fsp3) is 0.192. The Morgan fingerprint density at radius 1 is 1.11 bits per heavy atom. The number of nitrogens with one attached hydrogen (secondary N) is 2. The number of hydrogen-bond donors (Lipinski definition) is 2. The number of esters is 1. The van der Waals surface area contributed by atoms with E-state index in [-0.39, 0.29) is 12.6 Å². The molecule has 0 fully saturated rings. The van der Waals surface area contributed by atoms with Gasteiger partial charge in [0.05, 0.1) is 17.6 Å². The molecule has 0 aliphatic heterocycles. The van der Waals surface area contributed by atoms with Gasteiger partial charge in [0.25, 0.3) is 0 Å². The third kappa shape index (κ3) is 5.98.